The molecule has 0 unspecified atom stereocenters. The maximum Gasteiger partial charge on any atom is 0.319 e. The van der Waals surface area contributed by atoms with Crippen LogP contribution < -0.4 is 10.6 Å². The van der Waals surface area contributed by atoms with Crippen LogP contribution in [0.15, 0.2) is 59.5 Å². The molecular formula is C21H27N3O3S. The number of piperidine rings is 1. The van der Waals surface area contributed by atoms with Crippen LogP contribution in [-0.2, 0) is 10.0 Å². The summed E-state index contributed by atoms with van der Waals surface area (Å²) in [5.41, 5.74) is 1.75. The number of amides is 2. The summed E-state index contributed by atoms with van der Waals surface area (Å²) in [6, 6.07) is 15.8. The molecule has 1 heterocycles. The Kier molecular flexibility index (Phi) is 6.70. The molecule has 7 heteroatoms. The molecule has 28 heavy (non-hydrogen) atoms. The fraction of sp³-hybridized carbons (Fsp3) is 0.381. The van der Waals surface area contributed by atoms with Crippen molar-refractivity contribution in [2.75, 3.05) is 18.4 Å². The van der Waals surface area contributed by atoms with Crippen LogP contribution in [-0.4, -0.2) is 37.9 Å². The number of aryl methyl sites for hydroxylation is 1. The van der Waals surface area contributed by atoms with Crippen molar-refractivity contribution >= 4 is 21.7 Å². The number of rotatable bonds is 6. The number of hydrogen-bond donors (Lipinski definition) is 2. The smallest absolute Gasteiger partial charge is 0.319 e. The van der Waals surface area contributed by atoms with E-state index in [0.29, 0.717) is 24.4 Å². The van der Waals surface area contributed by atoms with Crippen molar-refractivity contribution in [3.05, 3.63) is 60.2 Å². The minimum Gasteiger partial charge on any atom is -0.338 e. The lowest BCUT2D eigenvalue weighted by Crippen LogP contribution is -2.45. The number of nitrogens with one attached hydrogen (secondary N) is 2. The first-order valence-electron chi connectivity index (χ1n) is 9.65. The SMILES string of the molecule is Cc1ccc(S(=O)(=O)N2CCCC[C@H]2CCNC(=O)Nc2ccccc2)cc1. The lowest BCUT2D eigenvalue weighted by atomic mass is 10.0. The summed E-state index contributed by atoms with van der Waals surface area (Å²) in [5, 5.41) is 5.60. The van der Waals surface area contributed by atoms with E-state index in [1.54, 1.807) is 16.4 Å². The van der Waals surface area contributed by atoms with Gasteiger partial charge in [0.15, 0.2) is 0 Å². The molecule has 150 valence electrons. The fourth-order valence-corrected chi connectivity index (χ4v) is 5.20. The molecule has 2 amide bonds. The molecule has 1 fully saturated rings. The van der Waals surface area contributed by atoms with Crippen LogP contribution >= 0.6 is 0 Å². The third kappa shape index (κ3) is 5.11. The average Bonchev–Trinajstić information content (AvgIpc) is 2.69. The number of carbonyl (C=O) groups is 1. The molecule has 0 saturated carbocycles. The third-order valence-corrected chi connectivity index (χ3v) is 6.96. The molecule has 1 atom stereocenters. The average molecular weight is 402 g/mol. The molecule has 0 radical (unpaired) electrons. The van der Waals surface area contributed by atoms with Crippen LogP contribution in [0.2, 0.25) is 0 Å². The van der Waals surface area contributed by atoms with E-state index < -0.39 is 10.0 Å². The number of sulfonamides is 1. The lowest BCUT2D eigenvalue weighted by molar-refractivity contribution is 0.234. The Morgan fingerprint density at radius 3 is 2.50 bits per heavy atom. The number of urea groups is 1. The Morgan fingerprint density at radius 1 is 1.07 bits per heavy atom. The predicted molar refractivity (Wildman–Crippen MR) is 111 cm³/mol. The Bertz CT molecular complexity index is 883. The van der Waals surface area contributed by atoms with Gasteiger partial charge in [0.2, 0.25) is 10.0 Å². The van der Waals surface area contributed by atoms with Gasteiger partial charge in [-0.2, -0.15) is 4.31 Å². The van der Waals surface area contributed by atoms with Crippen molar-refractivity contribution in [3.63, 3.8) is 0 Å². The summed E-state index contributed by atoms with van der Waals surface area (Å²) < 4.78 is 27.8. The van der Waals surface area contributed by atoms with E-state index >= 15 is 0 Å². The van der Waals surface area contributed by atoms with E-state index in [9.17, 15) is 13.2 Å². The van der Waals surface area contributed by atoms with E-state index in [1.165, 1.54) is 0 Å². The van der Waals surface area contributed by atoms with Gasteiger partial charge < -0.3 is 10.6 Å². The standard InChI is InChI=1S/C21H27N3O3S/c1-17-10-12-20(13-11-17)28(26,27)24-16-6-5-9-19(24)14-15-22-21(25)23-18-7-3-2-4-8-18/h2-4,7-8,10-13,19H,5-6,9,14-16H2,1H3,(H2,22,23,25)/t19-/m0/s1. The number of carbonyl (C=O) groups excluding carboxylic acids is 1. The van der Waals surface area contributed by atoms with Crippen LogP contribution in [0.25, 0.3) is 0 Å². The monoisotopic (exact) mass is 401 g/mol. The quantitative estimate of drug-likeness (QED) is 0.774. The molecule has 6 nitrogen and oxygen atoms in total. The molecular weight excluding hydrogens is 374 g/mol. The molecule has 1 aliphatic heterocycles. The molecule has 0 aromatic heterocycles. The van der Waals surface area contributed by atoms with Crippen LogP contribution in [0, 0.1) is 6.92 Å². The zero-order valence-electron chi connectivity index (χ0n) is 16.1. The van der Waals surface area contributed by atoms with Gasteiger partial charge in [0.1, 0.15) is 0 Å². The van der Waals surface area contributed by atoms with Crippen LogP contribution in [0.3, 0.4) is 0 Å². The minimum absolute atomic E-state index is 0.0999. The zero-order chi connectivity index (χ0) is 20.0. The van der Waals surface area contributed by atoms with E-state index in [4.69, 9.17) is 0 Å². The normalized spacial score (nSPS) is 17.8. The molecule has 1 aliphatic rings. The van der Waals surface area contributed by atoms with Crippen LogP contribution in [0.1, 0.15) is 31.2 Å². The van der Waals surface area contributed by atoms with E-state index in [1.807, 2.05) is 49.4 Å². The Labute approximate surface area is 167 Å². The first-order valence-corrected chi connectivity index (χ1v) is 11.1. The molecule has 0 bridgehead atoms. The minimum atomic E-state index is -3.52. The van der Waals surface area contributed by atoms with Crippen molar-refractivity contribution < 1.29 is 13.2 Å². The Balaban J connectivity index is 1.59. The summed E-state index contributed by atoms with van der Waals surface area (Å²) in [6.45, 7) is 2.88. The van der Waals surface area contributed by atoms with Gasteiger partial charge in [-0.15, -0.1) is 0 Å². The van der Waals surface area contributed by atoms with Gasteiger partial charge in [0.25, 0.3) is 0 Å². The Hall–Kier alpha value is -2.38. The summed E-state index contributed by atoms with van der Waals surface area (Å²) in [7, 11) is -3.52. The summed E-state index contributed by atoms with van der Waals surface area (Å²) in [6.07, 6.45) is 3.27. The topological polar surface area (TPSA) is 78.5 Å². The van der Waals surface area contributed by atoms with E-state index in [0.717, 1.165) is 30.5 Å². The lowest BCUT2D eigenvalue weighted by Gasteiger charge is -2.34. The maximum absolute atomic E-state index is 13.1. The highest BCUT2D eigenvalue weighted by molar-refractivity contribution is 7.89. The molecule has 2 aromatic carbocycles. The molecule has 0 spiro atoms. The molecule has 1 saturated heterocycles. The number of benzene rings is 2. The first kappa shape index (κ1) is 20.4. The number of nitrogens with zero attached hydrogens (tertiary/aromatic N) is 1. The maximum atomic E-state index is 13.1. The highest BCUT2D eigenvalue weighted by atomic mass is 32.2. The second-order valence-electron chi connectivity index (χ2n) is 7.11. The Morgan fingerprint density at radius 2 is 1.79 bits per heavy atom. The van der Waals surface area contributed by atoms with E-state index in [-0.39, 0.29) is 12.1 Å². The van der Waals surface area contributed by atoms with Gasteiger partial charge in [-0.3, -0.25) is 0 Å². The highest BCUT2D eigenvalue weighted by Gasteiger charge is 2.33. The van der Waals surface area contributed by atoms with E-state index in [2.05, 4.69) is 10.6 Å². The van der Waals surface area contributed by atoms with Crippen molar-refractivity contribution in [2.24, 2.45) is 0 Å². The van der Waals surface area contributed by atoms with Gasteiger partial charge in [-0.1, -0.05) is 42.3 Å². The molecule has 0 aliphatic carbocycles. The van der Waals surface area contributed by atoms with Gasteiger partial charge in [-0.05, 0) is 50.5 Å². The number of para-hydroxylation sites is 1. The largest absolute Gasteiger partial charge is 0.338 e. The summed E-state index contributed by atoms with van der Waals surface area (Å²) in [5.74, 6) is 0. The second kappa shape index (κ2) is 9.21. The fourth-order valence-electron chi connectivity index (χ4n) is 3.47. The molecule has 2 aromatic rings. The van der Waals surface area contributed by atoms with Gasteiger partial charge in [0.05, 0.1) is 4.90 Å². The number of hydrogen-bond acceptors (Lipinski definition) is 3. The second-order valence-corrected chi connectivity index (χ2v) is 9.00. The van der Waals surface area contributed by atoms with Gasteiger partial charge in [-0.25, -0.2) is 13.2 Å². The zero-order valence-corrected chi connectivity index (χ0v) is 16.9. The van der Waals surface area contributed by atoms with Crippen molar-refractivity contribution in [2.45, 2.75) is 43.5 Å². The highest BCUT2D eigenvalue weighted by Crippen LogP contribution is 2.27. The van der Waals surface area contributed by atoms with Gasteiger partial charge >= 0.3 is 6.03 Å². The van der Waals surface area contributed by atoms with Crippen molar-refractivity contribution in [3.8, 4) is 0 Å². The molecule has 3 rings (SSSR count). The number of anilines is 1. The molecule has 2 N–H and O–H groups in total. The first-order chi connectivity index (χ1) is 13.5. The van der Waals surface area contributed by atoms with Gasteiger partial charge in [0, 0.05) is 24.8 Å². The summed E-state index contributed by atoms with van der Waals surface area (Å²) in [4.78, 5) is 12.4. The third-order valence-electron chi connectivity index (χ3n) is 5.00. The van der Waals surface area contributed by atoms with Crippen LogP contribution in [0.4, 0.5) is 10.5 Å². The predicted octanol–water partition coefficient (Wildman–Crippen LogP) is 3.75. The van der Waals surface area contributed by atoms with Crippen molar-refractivity contribution in [1.29, 1.82) is 0 Å². The summed E-state index contributed by atoms with van der Waals surface area (Å²) >= 11 is 0. The van der Waals surface area contributed by atoms with Crippen LogP contribution in [0.5, 0.6) is 0 Å². The van der Waals surface area contributed by atoms with Crippen molar-refractivity contribution in [1.82, 2.24) is 9.62 Å².